The molecule has 0 unspecified atom stereocenters. The van der Waals surface area contributed by atoms with Crippen molar-refractivity contribution in [3.05, 3.63) is 66.2 Å². The number of hydrogen-bond acceptors (Lipinski definition) is 4. The van der Waals surface area contributed by atoms with Gasteiger partial charge in [-0.1, -0.05) is 62.9 Å². The van der Waals surface area contributed by atoms with Gasteiger partial charge in [0.2, 0.25) is 0 Å². The van der Waals surface area contributed by atoms with Gasteiger partial charge in [-0.2, -0.15) is 5.26 Å². The molecule has 0 amide bonds. The molecule has 0 radical (unpaired) electrons. The highest BCUT2D eigenvalue weighted by molar-refractivity contribution is 5.86. The van der Waals surface area contributed by atoms with Crippen LogP contribution < -0.4 is 4.74 Å². The van der Waals surface area contributed by atoms with Gasteiger partial charge in [0.25, 0.3) is 0 Å². The van der Waals surface area contributed by atoms with Crippen LogP contribution in [-0.2, 0) is 9.53 Å². The number of esters is 1. The Bertz CT molecular complexity index is 832. The van der Waals surface area contributed by atoms with Crippen LogP contribution in [-0.4, -0.2) is 19.2 Å². The van der Waals surface area contributed by atoms with Crippen LogP contribution in [0.15, 0.2) is 60.7 Å². The smallest absolute Gasteiger partial charge is 0.333 e. The van der Waals surface area contributed by atoms with Crippen molar-refractivity contribution >= 4 is 5.97 Å². The van der Waals surface area contributed by atoms with E-state index < -0.39 is 0 Å². The van der Waals surface area contributed by atoms with Crippen molar-refractivity contribution in [2.75, 3.05) is 13.2 Å². The van der Waals surface area contributed by atoms with E-state index in [4.69, 9.17) is 14.7 Å². The number of ether oxygens (including phenoxy) is 2. The van der Waals surface area contributed by atoms with E-state index in [1.165, 1.54) is 19.3 Å². The maximum atomic E-state index is 11.2. The summed E-state index contributed by atoms with van der Waals surface area (Å²) in [5.41, 5.74) is 3.33. The number of benzene rings is 2. The normalized spacial score (nSPS) is 10.3. The van der Waals surface area contributed by atoms with Gasteiger partial charge in [-0.3, -0.25) is 0 Å². The monoisotopic (exact) mass is 405 g/mol. The van der Waals surface area contributed by atoms with Crippen LogP contribution in [0.2, 0.25) is 0 Å². The van der Waals surface area contributed by atoms with Crippen molar-refractivity contribution < 1.29 is 14.3 Å². The van der Waals surface area contributed by atoms with Crippen molar-refractivity contribution in [1.82, 2.24) is 0 Å². The molecule has 4 heteroatoms. The molecule has 0 N–H and O–H groups in total. The zero-order valence-corrected chi connectivity index (χ0v) is 17.9. The van der Waals surface area contributed by atoms with E-state index in [-0.39, 0.29) is 5.97 Å². The first-order chi connectivity index (χ1) is 14.6. The fraction of sp³-hybridized carbons (Fsp3) is 0.385. The van der Waals surface area contributed by atoms with E-state index in [1.807, 2.05) is 48.5 Å². The standard InChI is InChI=1S/C26H31NO3/c1-21(2)26(28)30-19-9-7-5-3-4-6-8-18-29-25-16-14-24(15-17-25)23-12-10-22(20-27)11-13-23/h10-17H,1,3-9,18-19H2,2H3. The third kappa shape index (κ3) is 8.53. The molecule has 0 spiro atoms. The van der Waals surface area contributed by atoms with Crippen molar-refractivity contribution in [3.63, 3.8) is 0 Å². The first-order valence-electron chi connectivity index (χ1n) is 10.7. The van der Waals surface area contributed by atoms with Gasteiger partial charge >= 0.3 is 5.97 Å². The highest BCUT2D eigenvalue weighted by Crippen LogP contribution is 2.23. The number of rotatable bonds is 13. The van der Waals surface area contributed by atoms with Gasteiger partial charge in [0.05, 0.1) is 24.8 Å². The zero-order chi connectivity index (χ0) is 21.6. The molecule has 0 heterocycles. The molecule has 0 aliphatic rings. The molecular weight excluding hydrogens is 374 g/mol. The number of hydrogen-bond donors (Lipinski definition) is 0. The lowest BCUT2D eigenvalue weighted by molar-refractivity contribution is -0.139. The third-order valence-electron chi connectivity index (χ3n) is 4.84. The van der Waals surface area contributed by atoms with Crippen molar-refractivity contribution in [2.45, 2.75) is 51.9 Å². The van der Waals surface area contributed by atoms with Gasteiger partial charge in [0.15, 0.2) is 0 Å². The fourth-order valence-corrected chi connectivity index (χ4v) is 3.05. The lowest BCUT2D eigenvalue weighted by Gasteiger charge is -2.08. The number of nitriles is 1. The van der Waals surface area contributed by atoms with E-state index in [1.54, 1.807) is 6.92 Å². The number of unbranched alkanes of at least 4 members (excludes halogenated alkanes) is 6. The van der Waals surface area contributed by atoms with Crippen LogP contribution in [0.25, 0.3) is 11.1 Å². The lowest BCUT2D eigenvalue weighted by atomic mass is 10.0. The third-order valence-corrected chi connectivity index (χ3v) is 4.84. The first-order valence-corrected chi connectivity index (χ1v) is 10.7. The molecule has 2 rings (SSSR count). The van der Waals surface area contributed by atoms with Crippen LogP contribution in [0.4, 0.5) is 0 Å². The molecule has 4 nitrogen and oxygen atoms in total. The van der Waals surface area contributed by atoms with Gasteiger partial charge < -0.3 is 9.47 Å². The predicted molar refractivity (Wildman–Crippen MR) is 120 cm³/mol. The second-order valence-corrected chi connectivity index (χ2v) is 7.45. The predicted octanol–water partition coefficient (Wildman–Crippen LogP) is 6.45. The SMILES string of the molecule is C=C(C)C(=O)OCCCCCCCCCOc1ccc(-c2ccc(C#N)cc2)cc1. The van der Waals surface area contributed by atoms with Gasteiger partial charge in [-0.15, -0.1) is 0 Å². The van der Waals surface area contributed by atoms with Gasteiger partial charge in [0, 0.05) is 5.57 Å². The summed E-state index contributed by atoms with van der Waals surface area (Å²) in [6.07, 6.45) is 7.79. The molecule has 0 aliphatic heterocycles. The molecule has 0 saturated carbocycles. The Hall–Kier alpha value is -3.06. The summed E-state index contributed by atoms with van der Waals surface area (Å²) in [6.45, 7) is 6.45. The zero-order valence-electron chi connectivity index (χ0n) is 17.9. The number of nitrogens with zero attached hydrogens (tertiary/aromatic N) is 1. The van der Waals surface area contributed by atoms with E-state index in [0.717, 1.165) is 49.2 Å². The van der Waals surface area contributed by atoms with E-state index in [2.05, 4.69) is 12.6 Å². The topological polar surface area (TPSA) is 59.3 Å². The Morgan fingerprint density at radius 3 is 1.87 bits per heavy atom. The highest BCUT2D eigenvalue weighted by Gasteiger charge is 2.02. The average molecular weight is 406 g/mol. The molecule has 158 valence electrons. The average Bonchev–Trinajstić information content (AvgIpc) is 2.77. The van der Waals surface area contributed by atoms with Gasteiger partial charge in [-0.25, -0.2) is 4.79 Å². The Morgan fingerprint density at radius 1 is 0.833 bits per heavy atom. The van der Waals surface area contributed by atoms with Crippen LogP contribution in [0.3, 0.4) is 0 Å². The Morgan fingerprint density at radius 2 is 1.33 bits per heavy atom. The summed E-state index contributed by atoms with van der Waals surface area (Å²) in [5.74, 6) is 0.593. The summed E-state index contributed by atoms with van der Waals surface area (Å²) in [7, 11) is 0. The van der Waals surface area contributed by atoms with E-state index in [0.29, 0.717) is 17.7 Å². The van der Waals surface area contributed by atoms with Crippen molar-refractivity contribution in [3.8, 4) is 22.9 Å². The fourth-order valence-electron chi connectivity index (χ4n) is 3.05. The molecule has 0 aromatic heterocycles. The maximum Gasteiger partial charge on any atom is 0.333 e. The summed E-state index contributed by atoms with van der Waals surface area (Å²) in [5, 5.41) is 8.88. The molecule has 30 heavy (non-hydrogen) atoms. The maximum absolute atomic E-state index is 11.2. The Labute approximate surface area is 180 Å². The van der Waals surface area contributed by atoms with Crippen LogP contribution >= 0.6 is 0 Å². The molecule has 2 aromatic carbocycles. The van der Waals surface area contributed by atoms with Crippen LogP contribution in [0, 0.1) is 11.3 Å². The van der Waals surface area contributed by atoms with Gasteiger partial charge in [-0.05, 0) is 55.2 Å². The summed E-state index contributed by atoms with van der Waals surface area (Å²) in [4.78, 5) is 11.2. The van der Waals surface area contributed by atoms with Crippen molar-refractivity contribution in [2.24, 2.45) is 0 Å². The van der Waals surface area contributed by atoms with Crippen LogP contribution in [0.1, 0.15) is 57.4 Å². The first kappa shape index (κ1) is 23.2. The van der Waals surface area contributed by atoms with E-state index >= 15 is 0 Å². The molecular formula is C26H31NO3. The minimum Gasteiger partial charge on any atom is -0.494 e. The molecule has 2 aromatic rings. The Kier molecular flexibility index (Phi) is 10.2. The van der Waals surface area contributed by atoms with Gasteiger partial charge in [0.1, 0.15) is 5.75 Å². The molecule has 0 atom stereocenters. The second kappa shape index (κ2) is 13.2. The molecule has 0 fully saturated rings. The lowest BCUT2D eigenvalue weighted by Crippen LogP contribution is -2.05. The van der Waals surface area contributed by atoms with E-state index in [9.17, 15) is 4.79 Å². The molecule has 0 bridgehead atoms. The second-order valence-electron chi connectivity index (χ2n) is 7.45. The Balaban J connectivity index is 1.51. The van der Waals surface area contributed by atoms with Crippen LogP contribution in [0.5, 0.6) is 5.75 Å². The van der Waals surface area contributed by atoms with Crippen molar-refractivity contribution in [1.29, 1.82) is 5.26 Å². The summed E-state index contributed by atoms with van der Waals surface area (Å²) >= 11 is 0. The quantitative estimate of drug-likeness (QED) is 0.218. The minimum absolute atomic E-state index is 0.293. The number of carbonyl (C=O) groups is 1. The summed E-state index contributed by atoms with van der Waals surface area (Å²) in [6, 6.07) is 17.8. The highest BCUT2D eigenvalue weighted by atomic mass is 16.5. The minimum atomic E-state index is -0.293. The number of carbonyl (C=O) groups excluding carboxylic acids is 1. The largest absolute Gasteiger partial charge is 0.494 e. The molecule has 0 aliphatic carbocycles. The summed E-state index contributed by atoms with van der Waals surface area (Å²) < 4.78 is 10.9. The molecule has 0 saturated heterocycles.